The van der Waals surface area contributed by atoms with E-state index >= 15 is 0 Å². The Labute approximate surface area is 103 Å². The third-order valence-corrected chi connectivity index (χ3v) is 4.37. The van der Waals surface area contributed by atoms with Crippen LogP contribution in [0.4, 0.5) is 0 Å². The first-order valence-corrected chi connectivity index (χ1v) is 7.43. The first kappa shape index (κ1) is 10.8. The van der Waals surface area contributed by atoms with Gasteiger partial charge in [-0.2, -0.15) is 0 Å². The van der Waals surface area contributed by atoms with Crippen LogP contribution in [-0.4, -0.2) is 26.3 Å². The van der Waals surface area contributed by atoms with E-state index in [0.717, 1.165) is 19.4 Å². The second-order valence-corrected chi connectivity index (χ2v) is 5.84. The smallest absolute Gasteiger partial charge is 0.116 e. The highest BCUT2D eigenvalue weighted by molar-refractivity contribution is 7.81. The molecule has 4 heteroatoms. The largest absolute Gasteiger partial charge is 0.361 e. The highest BCUT2D eigenvalue weighted by Crippen LogP contribution is 2.22. The molecule has 0 bridgehead atoms. The van der Waals surface area contributed by atoms with Crippen molar-refractivity contribution >= 4 is 23.1 Å². The molecule has 3 rings (SSSR count). The van der Waals surface area contributed by atoms with Gasteiger partial charge in [-0.05, 0) is 23.6 Å². The summed E-state index contributed by atoms with van der Waals surface area (Å²) < 4.78 is 13.3. The van der Waals surface area contributed by atoms with Crippen LogP contribution in [0.2, 0.25) is 0 Å². The quantitative estimate of drug-likeness (QED) is 0.816. The van der Waals surface area contributed by atoms with E-state index in [1.54, 1.807) is 6.26 Å². The lowest BCUT2D eigenvalue weighted by Crippen LogP contribution is -2.29. The van der Waals surface area contributed by atoms with Gasteiger partial charge in [-0.25, -0.2) is 4.21 Å². The van der Waals surface area contributed by atoms with E-state index < -0.39 is 11.0 Å². The number of aromatic nitrogens is 1. The van der Waals surface area contributed by atoms with Crippen molar-refractivity contribution < 1.29 is 4.21 Å². The van der Waals surface area contributed by atoms with Crippen molar-refractivity contribution in [2.45, 2.75) is 18.8 Å². The number of H-pyrrole nitrogens is 1. The van der Waals surface area contributed by atoms with E-state index in [-0.39, 0.29) is 0 Å². The lowest BCUT2D eigenvalue weighted by Gasteiger charge is -2.14. The molecule has 0 saturated heterocycles. The summed E-state index contributed by atoms with van der Waals surface area (Å²) in [7, 11) is -0.907. The van der Waals surface area contributed by atoms with Gasteiger partial charge >= 0.3 is 0 Å². The maximum Gasteiger partial charge on any atom is 0.116 e. The fourth-order valence-corrected chi connectivity index (χ4v) is 3.15. The van der Waals surface area contributed by atoms with Crippen LogP contribution in [0.3, 0.4) is 0 Å². The summed E-state index contributed by atoms with van der Waals surface area (Å²) in [6, 6.07) is 0. The molecule has 2 unspecified atom stereocenters. The second-order valence-electron chi connectivity index (χ2n) is 4.53. The molecule has 90 valence electrons. The van der Waals surface area contributed by atoms with E-state index in [2.05, 4.69) is 29.4 Å². The predicted octanol–water partition coefficient (Wildman–Crippen LogP) is 0.576. The Morgan fingerprint density at radius 3 is 3.00 bits per heavy atom. The average Bonchev–Trinajstić information content (AvgIpc) is 2.95. The Kier molecular flexibility index (Phi) is 2.67. The van der Waals surface area contributed by atoms with Gasteiger partial charge in [0, 0.05) is 36.5 Å². The molecule has 1 aromatic heterocycles. The first-order chi connectivity index (χ1) is 8.25. The Morgan fingerprint density at radius 2 is 2.24 bits per heavy atom. The fourth-order valence-electron chi connectivity index (χ4n) is 2.53. The van der Waals surface area contributed by atoms with Crippen molar-refractivity contribution in [3.63, 3.8) is 0 Å². The summed E-state index contributed by atoms with van der Waals surface area (Å²) in [5.74, 6) is 0.363. The summed E-state index contributed by atoms with van der Waals surface area (Å²) in [4.78, 5) is 3.33. The zero-order valence-electron chi connectivity index (χ0n) is 9.85. The molecule has 17 heavy (non-hydrogen) atoms. The topological polar surface area (TPSA) is 36.1 Å². The molecule has 1 aliphatic carbocycles. The molecule has 2 aliphatic rings. The number of nitrogens with one attached hydrogen (secondary N) is 1. The maximum absolute atomic E-state index is 11.4. The van der Waals surface area contributed by atoms with Crippen molar-refractivity contribution in [2.24, 2.45) is 0 Å². The lowest BCUT2D eigenvalue weighted by molar-refractivity contribution is 0.577. The molecule has 1 aromatic rings. The van der Waals surface area contributed by atoms with Gasteiger partial charge in [-0.15, -0.1) is 0 Å². The highest BCUT2D eigenvalue weighted by atomic mass is 32.2. The summed E-state index contributed by atoms with van der Waals surface area (Å²) >= 11 is 0. The Morgan fingerprint density at radius 1 is 1.41 bits per heavy atom. The average molecular weight is 248 g/mol. The Bertz CT molecular complexity index is 599. The normalized spacial score (nSPS) is 24.1. The predicted molar refractivity (Wildman–Crippen MR) is 70.9 cm³/mol. The lowest BCUT2D eigenvalue weighted by atomic mass is 10.00. The molecule has 2 atom stereocenters. The minimum absolute atomic E-state index is 0.363. The fraction of sp³-hybridized carbons (Fsp3) is 0.385. The van der Waals surface area contributed by atoms with Crippen LogP contribution < -0.4 is 10.6 Å². The minimum Gasteiger partial charge on any atom is -0.361 e. The SMILES string of the molecule is CS(=O)N1C=CC(c2c[nH]c3c2=CCCC=3)C1. The summed E-state index contributed by atoms with van der Waals surface area (Å²) in [5.41, 5.74) is 1.33. The third-order valence-electron chi connectivity index (χ3n) is 3.44. The van der Waals surface area contributed by atoms with Crippen molar-refractivity contribution in [3.8, 4) is 0 Å². The first-order valence-electron chi connectivity index (χ1n) is 5.92. The number of nitrogens with zero attached hydrogens (tertiary/aromatic N) is 1. The van der Waals surface area contributed by atoms with Crippen LogP contribution in [0.5, 0.6) is 0 Å². The van der Waals surface area contributed by atoms with Gasteiger partial charge in [0.2, 0.25) is 0 Å². The van der Waals surface area contributed by atoms with Gasteiger partial charge in [0.25, 0.3) is 0 Å². The molecule has 0 aromatic carbocycles. The van der Waals surface area contributed by atoms with Crippen molar-refractivity contribution in [1.29, 1.82) is 0 Å². The molecule has 0 saturated carbocycles. The van der Waals surface area contributed by atoms with Crippen LogP contribution in [0.25, 0.3) is 12.2 Å². The van der Waals surface area contributed by atoms with E-state index in [0.29, 0.717) is 5.92 Å². The molecular formula is C13H16N2OS. The Balaban J connectivity index is 1.96. The summed E-state index contributed by atoms with van der Waals surface area (Å²) in [6.07, 6.45) is 14.7. The molecule has 0 fully saturated rings. The van der Waals surface area contributed by atoms with Crippen LogP contribution in [0, 0.1) is 0 Å². The molecule has 0 radical (unpaired) electrons. The summed E-state index contributed by atoms with van der Waals surface area (Å²) in [5, 5.41) is 2.59. The maximum atomic E-state index is 11.4. The van der Waals surface area contributed by atoms with E-state index in [9.17, 15) is 4.21 Å². The zero-order chi connectivity index (χ0) is 11.8. The van der Waals surface area contributed by atoms with Crippen molar-refractivity contribution in [3.05, 3.63) is 34.6 Å². The molecule has 3 nitrogen and oxygen atoms in total. The molecule has 1 N–H and O–H groups in total. The molecule has 0 spiro atoms. The number of fused-ring (bicyclic) bond motifs is 1. The van der Waals surface area contributed by atoms with E-state index in [4.69, 9.17) is 0 Å². The van der Waals surface area contributed by atoms with Gasteiger partial charge in [0.15, 0.2) is 0 Å². The highest BCUT2D eigenvalue weighted by Gasteiger charge is 2.21. The minimum atomic E-state index is -0.907. The molecular weight excluding hydrogens is 232 g/mol. The number of rotatable bonds is 2. The standard InChI is InChI=1S/C13H16N2OS/c1-17(16)15-7-6-10(9-15)12-8-14-13-5-3-2-4-11(12)13/h4-8,10,14H,2-3,9H2,1H3. The monoisotopic (exact) mass is 248 g/mol. The van der Waals surface area contributed by atoms with Crippen LogP contribution >= 0.6 is 0 Å². The van der Waals surface area contributed by atoms with Crippen molar-refractivity contribution in [2.75, 3.05) is 12.8 Å². The number of aromatic amines is 1. The van der Waals surface area contributed by atoms with Gasteiger partial charge in [-0.1, -0.05) is 18.2 Å². The summed E-state index contributed by atoms with van der Waals surface area (Å²) in [6.45, 7) is 0.821. The van der Waals surface area contributed by atoms with Crippen LogP contribution in [0.15, 0.2) is 18.5 Å². The van der Waals surface area contributed by atoms with Gasteiger partial charge in [0.05, 0.1) is 0 Å². The van der Waals surface area contributed by atoms with E-state index in [1.807, 2.05) is 10.5 Å². The number of hydrogen-bond acceptors (Lipinski definition) is 1. The second kappa shape index (κ2) is 4.18. The van der Waals surface area contributed by atoms with Crippen LogP contribution in [-0.2, 0) is 11.0 Å². The van der Waals surface area contributed by atoms with E-state index in [1.165, 1.54) is 16.1 Å². The van der Waals surface area contributed by atoms with Gasteiger partial charge in [-0.3, -0.25) is 4.31 Å². The van der Waals surface area contributed by atoms with Crippen LogP contribution in [0.1, 0.15) is 24.3 Å². The zero-order valence-corrected chi connectivity index (χ0v) is 10.7. The van der Waals surface area contributed by atoms with Gasteiger partial charge in [0.1, 0.15) is 11.0 Å². The Hall–Kier alpha value is -1.29. The number of hydrogen-bond donors (Lipinski definition) is 1. The molecule has 1 aliphatic heterocycles. The van der Waals surface area contributed by atoms with Crippen molar-refractivity contribution in [1.82, 2.24) is 9.29 Å². The molecule has 0 amide bonds. The third kappa shape index (κ3) is 1.86. The van der Waals surface area contributed by atoms with Gasteiger partial charge < -0.3 is 4.98 Å². The molecule has 2 heterocycles.